The molecule has 0 amide bonds. The van der Waals surface area contributed by atoms with Gasteiger partial charge in [-0.3, -0.25) is 0 Å². The molecule has 0 fully saturated rings. The molecule has 2 nitrogen and oxygen atoms in total. The molecule has 2 heteroatoms. The van der Waals surface area contributed by atoms with Crippen LogP contribution in [0.4, 0.5) is 0 Å². The highest BCUT2D eigenvalue weighted by molar-refractivity contribution is 5.87. The highest BCUT2D eigenvalue weighted by atomic mass is 16.3. The van der Waals surface area contributed by atoms with Crippen LogP contribution >= 0.6 is 0 Å². The Morgan fingerprint density at radius 2 is 1.57 bits per heavy atom. The number of fused-ring (bicyclic) bond motifs is 1. The van der Waals surface area contributed by atoms with Crippen molar-refractivity contribution in [1.29, 1.82) is 0 Å². The van der Waals surface area contributed by atoms with E-state index in [1.165, 1.54) is 5.39 Å². The monoisotopic (exact) mass is 277 g/mol. The summed E-state index contributed by atoms with van der Waals surface area (Å²) in [5.41, 5.74) is 1.74. The van der Waals surface area contributed by atoms with Crippen LogP contribution in [-0.4, -0.2) is 5.11 Å². The second kappa shape index (κ2) is 5.41. The fourth-order valence-electron chi connectivity index (χ4n) is 2.50. The summed E-state index contributed by atoms with van der Waals surface area (Å²) in [6.07, 6.45) is 1.76. The summed E-state index contributed by atoms with van der Waals surface area (Å²) in [5, 5.41) is 12.6. The van der Waals surface area contributed by atoms with E-state index in [1.54, 1.807) is 6.08 Å². The Hall–Kier alpha value is -2.61. The molecule has 0 atom stereocenters. The summed E-state index contributed by atoms with van der Waals surface area (Å²) < 4.78 is 5.45. The second-order valence-corrected chi connectivity index (χ2v) is 5.20. The molecule has 2 aromatic carbocycles. The van der Waals surface area contributed by atoms with Crippen LogP contribution in [0.3, 0.4) is 0 Å². The van der Waals surface area contributed by atoms with Crippen molar-refractivity contribution in [2.24, 2.45) is 0 Å². The van der Waals surface area contributed by atoms with E-state index < -0.39 is 0 Å². The third kappa shape index (κ3) is 2.95. The highest BCUT2D eigenvalue weighted by Gasteiger charge is 2.08. The van der Waals surface area contributed by atoms with Crippen molar-refractivity contribution in [2.45, 2.75) is 13.8 Å². The lowest BCUT2D eigenvalue weighted by Crippen LogP contribution is -1.86. The van der Waals surface area contributed by atoms with E-state index >= 15 is 0 Å². The molecule has 21 heavy (non-hydrogen) atoms. The molecule has 0 radical (unpaired) electrons. The summed E-state index contributed by atoms with van der Waals surface area (Å²) in [5.74, 6) is 1.91. The first-order valence-electron chi connectivity index (χ1n) is 6.93. The zero-order valence-electron chi connectivity index (χ0n) is 12.1. The molecule has 3 aromatic rings. The molecule has 0 saturated carbocycles. The van der Waals surface area contributed by atoms with Crippen LogP contribution < -0.4 is 0 Å². The third-order valence-electron chi connectivity index (χ3n) is 3.41. The number of aryl methyl sites for hydroxylation is 2. The van der Waals surface area contributed by atoms with E-state index in [9.17, 15) is 5.11 Å². The Bertz CT molecular complexity index is 812. The third-order valence-corrected chi connectivity index (χ3v) is 3.41. The molecule has 1 N–H and O–H groups in total. The molecule has 0 spiro atoms. The van der Waals surface area contributed by atoms with Crippen LogP contribution in [0.15, 0.2) is 59.0 Å². The summed E-state index contributed by atoms with van der Waals surface area (Å²) >= 11 is 0. The lowest BCUT2D eigenvalue weighted by atomic mass is 10.0. The molecular weight excluding hydrogens is 260 g/mol. The number of rotatable bonds is 2. The fourth-order valence-corrected chi connectivity index (χ4v) is 2.50. The summed E-state index contributed by atoms with van der Waals surface area (Å²) in [6.45, 7) is 3.80. The van der Waals surface area contributed by atoms with Crippen LogP contribution in [0.1, 0.15) is 22.6 Å². The highest BCUT2D eigenvalue weighted by Crippen LogP contribution is 2.22. The van der Waals surface area contributed by atoms with Crippen molar-refractivity contribution in [2.75, 3.05) is 0 Å². The van der Waals surface area contributed by atoms with Gasteiger partial charge in [0, 0.05) is 17.7 Å². The van der Waals surface area contributed by atoms with Crippen LogP contribution in [0.25, 0.3) is 22.6 Å². The van der Waals surface area contributed by atoms with E-state index in [-0.39, 0.29) is 5.76 Å². The predicted molar refractivity (Wildman–Crippen MR) is 87.0 cm³/mol. The van der Waals surface area contributed by atoms with Crippen molar-refractivity contribution in [3.63, 3.8) is 0 Å². The zero-order chi connectivity index (χ0) is 14.8. The van der Waals surface area contributed by atoms with Gasteiger partial charge in [-0.15, -0.1) is 0 Å². The van der Waals surface area contributed by atoms with E-state index in [2.05, 4.69) is 6.07 Å². The Kier molecular flexibility index (Phi) is 3.44. The van der Waals surface area contributed by atoms with Gasteiger partial charge >= 0.3 is 11.5 Å². The molecule has 1 aromatic heterocycles. The first-order chi connectivity index (χ1) is 10.1. The maximum atomic E-state index is 10.3. The van der Waals surface area contributed by atoms with Gasteiger partial charge in [-0.2, -0.15) is 0 Å². The smallest absolute Gasteiger partial charge is 0.327 e. The normalized spacial score (nSPS) is 11.8. The second-order valence-electron chi connectivity index (χ2n) is 5.20. The van der Waals surface area contributed by atoms with E-state index in [0.29, 0.717) is 0 Å². The fraction of sp³-hybridized carbons (Fsp3) is 0.105. The summed E-state index contributed by atoms with van der Waals surface area (Å²) in [7, 11) is 0. The maximum Gasteiger partial charge on any atom is 0.327 e. The molecular formula is C19H17O2+. The largest absolute Gasteiger partial charge is 0.507 e. The summed E-state index contributed by atoms with van der Waals surface area (Å²) in [4.78, 5) is 0. The number of hydrogen-bond acceptors (Lipinski definition) is 1. The van der Waals surface area contributed by atoms with Crippen LogP contribution in [0.2, 0.25) is 0 Å². The first-order valence-corrected chi connectivity index (χ1v) is 6.93. The van der Waals surface area contributed by atoms with Crippen molar-refractivity contribution < 1.29 is 9.52 Å². The van der Waals surface area contributed by atoms with Gasteiger partial charge in [0.2, 0.25) is 0 Å². The van der Waals surface area contributed by atoms with E-state index in [0.717, 1.165) is 28.0 Å². The van der Waals surface area contributed by atoms with Gasteiger partial charge in [0.05, 0.1) is 13.8 Å². The van der Waals surface area contributed by atoms with Crippen molar-refractivity contribution in [3.8, 4) is 0 Å². The minimum Gasteiger partial charge on any atom is -0.507 e. The Balaban J connectivity index is 2.02. The number of aliphatic hydroxyl groups excluding tert-OH is 1. The zero-order valence-corrected chi connectivity index (χ0v) is 12.1. The lowest BCUT2D eigenvalue weighted by molar-refractivity contribution is 0.485. The van der Waals surface area contributed by atoms with Gasteiger partial charge in [0.25, 0.3) is 0 Å². The van der Waals surface area contributed by atoms with Crippen LogP contribution in [-0.2, 0) is 0 Å². The molecule has 0 aliphatic rings. The SMILES string of the molecule is Cc1cc(/C=C(\O)c2ccc3ccccc3c2)cc(C)[o+]1. The molecule has 1 heterocycles. The van der Waals surface area contributed by atoms with Gasteiger partial charge in [0.1, 0.15) is 5.76 Å². The molecule has 0 unspecified atom stereocenters. The molecule has 0 aliphatic carbocycles. The molecule has 104 valence electrons. The number of benzene rings is 2. The number of hydrogen-bond donors (Lipinski definition) is 1. The van der Waals surface area contributed by atoms with Gasteiger partial charge < -0.3 is 5.11 Å². The average Bonchev–Trinajstić information content (AvgIpc) is 2.45. The van der Waals surface area contributed by atoms with Gasteiger partial charge in [0.15, 0.2) is 0 Å². The minimum absolute atomic E-state index is 0.255. The summed E-state index contributed by atoms with van der Waals surface area (Å²) in [6, 6.07) is 17.9. The number of aliphatic hydroxyl groups is 1. The van der Waals surface area contributed by atoms with Crippen LogP contribution in [0.5, 0.6) is 0 Å². The lowest BCUT2D eigenvalue weighted by Gasteiger charge is -2.03. The van der Waals surface area contributed by atoms with Gasteiger partial charge in [-0.25, -0.2) is 4.42 Å². The van der Waals surface area contributed by atoms with E-state index in [1.807, 2.05) is 62.4 Å². The van der Waals surface area contributed by atoms with Crippen molar-refractivity contribution in [3.05, 3.63) is 77.2 Å². The molecule has 0 aliphatic heterocycles. The molecule has 3 rings (SSSR count). The average molecular weight is 277 g/mol. The topological polar surface area (TPSA) is 31.5 Å². The first kappa shape index (κ1) is 13.4. The van der Waals surface area contributed by atoms with Crippen molar-refractivity contribution >= 4 is 22.6 Å². The predicted octanol–water partition coefficient (Wildman–Crippen LogP) is 5.39. The Morgan fingerprint density at radius 1 is 0.905 bits per heavy atom. The van der Waals surface area contributed by atoms with Crippen LogP contribution in [0, 0.1) is 13.8 Å². The van der Waals surface area contributed by atoms with Crippen molar-refractivity contribution in [1.82, 2.24) is 0 Å². The molecule has 0 bridgehead atoms. The standard InChI is InChI=1S/C19H16O2/c1-13-9-15(10-14(2)21-13)11-19(20)18-8-7-16-5-3-4-6-17(16)12-18/h3-12H,1-2H3/p+1/b19-11-. The van der Waals surface area contributed by atoms with Gasteiger partial charge in [-0.1, -0.05) is 36.4 Å². The Labute approximate surface area is 124 Å². The van der Waals surface area contributed by atoms with Gasteiger partial charge in [-0.05, 0) is 28.5 Å². The minimum atomic E-state index is 0.255. The maximum absolute atomic E-state index is 10.3. The Morgan fingerprint density at radius 3 is 2.29 bits per heavy atom. The quantitative estimate of drug-likeness (QED) is 0.503. The van der Waals surface area contributed by atoms with E-state index in [4.69, 9.17) is 4.42 Å². The molecule has 0 saturated heterocycles.